The number of hydrogen-bond acceptors (Lipinski definition) is 5. The van der Waals surface area contributed by atoms with Gasteiger partial charge in [-0.05, 0) is 22.0 Å². The maximum Gasteiger partial charge on any atom is 0.419 e. The molecular formula is C10H8BrF3N4O. The van der Waals surface area contributed by atoms with E-state index in [9.17, 15) is 13.2 Å². The standard InChI is InChI=1S/C10H8BrF3N4O/c1-5-17-8(18-19-5)4-16-9-7(10(12,13)14)2-6(11)3-15-9/h2-3H,4H2,1H3,(H,15,16). The van der Waals surface area contributed by atoms with Gasteiger partial charge in [0.25, 0.3) is 0 Å². The zero-order valence-electron chi connectivity index (χ0n) is 9.62. The summed E-state index contributed by atoms with van der Waals surface area (Å²) >= 11 is 2.96. The minimum Gasteiger partial charge on any atom is -0.362 e. The fourth-order valence-electron chi connectivity index (χ4n) is 1.37. The van der Waals surface area contributed by atoms with Crippen LogP contribution in [0.25, 0.3) is 0 Å². The molecule has 2 rings (SSSR count). The molecule has 0 radical (unpaired) electrons. The van der Waals surface area contributed by atoms with Crippen molar-refractivity contribution in [2.45, 2.75) is 19.6 Å². The summed E-state index contributed by atoms with van der Waals surface area (Å²) in [6, 6.07) is 0.955. The van der Waals surface area contributed by atoms with Crippen molar-refractivity contribution in [2.24, 2.45) is 0 Å². The van der Waals surface area contributed by atoms with Crippen molar-refractivity contribution in [3.63, 3.8) is 0 Å². The second-order valence-electron chi connectivity index (χ2n) is 3.63. The molecule has 0 aromatic carbocycles. The summed E-state index contributed by atoms with van der Waals surface area (Å²) in [6.45, 7) is 1.59. The Morgan fingerprint density at radius 3 is 2.74 bits per heavy atom. The maximum absolute atomic E-state index is 12.8. The predicted molar refractivity (Wildman–Crippen MR) is 63.3 cm³/mol. The summed E-state index contributed by atoms with van der Waals surface area (Å²) in [6.07, 6.45) is -3.22. The molecule has 5 nitrogen and oxygen atoms in total. The van der Waals surface area contributed by atoms with Crippen LogP contribution in [0.2, 0.25) is 0 Å². The molecule has 102 valence electrons. The highest BCUT2D eigenvalue weighted by Gasteiger charge is 2.34. The molecule has 0 aliphatic heterocycles. The molecule has 0 atom stereocenters. The number of rotatable bonds is 3. The van der Waals surface area contributed by atoms with Gasteiger partial charge in [-0.2, -0.15) is 18.2 Å². The van der Waals surface area contributed by atoms with Crippen LogP contribution in [-0.2, 0) is 12.7 Å². The highest BCUT2D eigenvalue weighted by molar-refractivity contribution is 9.10. The Hall–Kier alpha value is -1.64. The Morgan fingerprint density at radius 2 is 2.16 bits per heavy atom. The number of nitrogens with one attached hydrogen (secondary N) is 1. The van der Waals surface area contributed by atoms with E-state index in [2.05, 4.69) is 36.4 Å². The van der Waals surface area contributed by atoms with E-state index in [0.717, 1.165) is 6.07 Å². The van der Waals surface area contributed by atoms with Crippen molar-refractivity contribution in [1.82, 2.24) is 15.1 Å². The first-order valence-corrected chi connectivity index (χ1v) is 5.91. The molecule has 19 heavy (non-hydrogen) atoms. The Balaban J connectivity index is 2.20. The average Bonchev–Trinajstić information content (AvgIpc) is 2.72. The smallest absolute Gasteiger partial charge is 0.362 e. The first-order chi connectivity index (χ1) is 8.86. The lowest BCUT2D eigenvalue weighted by Gasteiger charge is -2.12. The topological polar surface area (TPSA) is 63.8 Å². The van der Waals surface area contributed by atoms with E-state index >= 15 is 0 Å². The van der Waals surface area contributed by atoms with Crippen molar-refractivity contribution < 1.29 is 17.7 Å². The molecule has 0 amide bonds. The first-order valence-electron chi connectivity index (χ1n) is 5.12. The van der Waals surface area contributed by atoms with E-state index in [1.807, 2.05) is 0 Å². The molecule has 0 bridgehead atoms. The molecule has 0 unspecified atom stereocenters. The summed E-state index contributed by atoms with van der Waals surface area (Å²) in [5.41, 5.74) is -0.859. The number of alkyl halides is 3. The molecule has 0 aliphatic rings. The zero-order valence-corrected chi connectivity index (χ0v) is 11.2. The molecule has 2 aromatic rings. The first kappa shape index (κ1) is 13.8. The molecule has 2 heterocycles. The normalized spacial score (nSPS) is 11.6. The fraction of sp³-hybridized carbons (Fsp3) is 0.300. The Labute approximate surface area is 114 Å². The molecule has 0 spiro atoms. The van der Waals surface area contributed by atoms with Gasteiger partial charge in [-0.3, -0.25) is 0 Å². The molecule has 0 saturated heterocycles. The monoisotopic (exact) mass is 336 g/mol. The second kappa shape index (κ2) is 5.16. The highest BCUT2D eigenvalue weighted by atomic mass is 79.9. The Bertz CT molecular complexity index is 584. The SMILES string of the molecule is Cc1nc(CNc2ncc(Br)cc2C(F)(F)F)no1. The Kier molecular flexibility index (Phi) is 3.74. The summed E-state index contributed by atoms with van der Waals surface area (Å²) in [4.78, 5) is 7.58. The van der Waals surface area contributed by atoms with Gasteiger partial charge >= 0.3 is 6.18 Å². The van der Waals surface area contributed by atoms with Crippen molar-refractivity contribution in [3.8, 4) is 0 Å². The van der Waals surface area contributed by atoms with E-state index < -0.39 is 11.7 Å². The summed E-state index contributed by atoms with van der Waals surface area (Å²) < 4.78 is 43.4. The van der Waals surface area contributed by atoms with Crippen molar-refractivity contribution in [3.05, 3.63) is 34.0 Å². The minimum atomic E-state index is -4.49. The third-order valence-electron chi connectivity index (χ3n) is 2.14. The van der Waals surface area contributed by atoms with Crippen LogP contribution in [-0.4, -0.2) is 15.1 Å². The van der Waals surface area contributed by atoms with E-state index in [1.54, 1.807) is 6.92 Å². The lowest BCUT2D eigenvalue weighted by molar-refractivity contribution is -0.137. The lowest BCUT2D eigenvalue weighted by atomic mass is 10.2. The van der Waals surface area contributed by atoms with Crippen LogP contribution in [0.5, 0.6) is 0 Å². The van der Waals surface area contributed by atoms with E-state index in [0.29, 0.717) is 5.89 Å². The average molecular weight is 337 g/mol. The van der Waals surface area contributed by atoms with Crippen LogP contribution in [0.1, 0.15) is 17.3 Å². The number of halogens is 4. The number of aromatic nitrogens is 3. The Morgan fingerprint density at radius 1 is 1.42 bits per heavy atom. The molecular weight excluding hydrogens is 329 g/mol. The zero-order chi connectivity index (χ0) is 14.0. The predicted octanol–water partition coefficient (Wildman–Crippen LogP) is 3.17. The third kappa shape index (κ3) is 3.43. The summed E-state index contributed by atoms with van der Waals surface area (Å²) in [7, 11) is 0. The van der Waals surface area contributed by atoms with Crippen LogP contribution in [0.3, 0.4) is 0 Å². The van der Waals surface area contributed by atoms with E-state index in [1.165, 1.54) is 6.20 Å². The van der Waals surface area contributed by atoms with Gasteiger partial charge < -0.3 is 9.84 Å². The fourth-order valence-corrected chi connectivity index (χ4v) is 1.70. The highest BCUT2D eigenvalue weighted by Crippen LogP contribution is 2.35. The van der Waals surface area contributed by atoms with Crippen molar-refractivity contribution in [2.75, 3.05) is 5.32 Å². The second-order valence-corrected chi connectivity index (χ2v) is 4.55. The lowest BCUT2D eigenvalue weighted by Crippen LogP contribution is -2.13. The van der Waals surface area contributed by atoms with Gasteiger partial charge in [-0.1, -0.05) is 5.16 Å². The third-order valence-corrected chi connectivity index (χ3v) is 2.58. The largest absolute Gasteiger partial charge is 0.419 e. The van der Waals surface area contributed by atoms with Crippen LogP contribution in [0.4, 0.5) is 19.0 Å². The van der Waals surface area contributed by atoms with Crippen molar-refractivity contribution >= 4 is 21.7 Å². The molecule has 0 saturated carbocycles. The minimum absolute atomic E-state index is 0.00491. The van der Waals surface area contributed by atoms with Gasteiger partial charge in [0, 0.05) is 17.6 Å². The van der Waals surface area contributed by atoms with E-state index in [4.69, 9.17) is 4.52 Å². The van der Waals surface area contributed by atoms with Gasteiger partial charge in [0.15, 0.2) is 5.82 Å². The number of aryl methyl sites for hydroxylation is 1. The van der Waals surface area contributed by atoms with Gasteiger partial charge in [0.1, 0.15) is 5.82 Å². The summed E-state index contributed by atoms with van der Waals surface area (Å²) in [5.74, 6) is 0.324. The van der Waals surface area contributed by atoms with E-state index in [-0.39, 0.29) is 22.7 Å². The van der Waals surface area contributed by atoms with Gasteiger partial charge in [0.05, 0.1) is 12.1 Å². The molecule has 0 fully saturated rings. The number of pyridine rings is 1. The van der Waals surface area contributed by atoms with Crippen LogP contribution in [0.15, 0.2) is 21.3 Å². The quantitative estimate of drug-likeness (QED) is 0.932. The molecule has 1 N–H and O–H groups in total. The van der Waals surface area contributed by atoms with Crippen LogP contribution < -0.4 is 5.32 Å². The van der Waals surface area contributed by atoms with Gasteiger partial charge in [-0.15, -0.1) is 0 Å². The number of nitrogens with zero attached hydrogens (tertiary/aromatic N) is 3. The number of anilines is 1. The van der Waals surface area contributed by atoms with Crippen LogP contribution >= 0.6 is 15.9 Å². The van der Waals surface area contributed by atoms with Gasteiger partial charge in [0.2, 0.25) is 5.89 Å². The summed E-state index contributed by atoms with van der Waals surface area (Å²) in [5, 5.41) is 6.11. The van der Waals surface area contributed by atoms with Crippen LogP contribution in [0, 0.1) is 6.92 Å². The van der Waals surface area contributed by atoms with Crippen molar-refractivity contribution in [1.29, 1.82) is 0 Å². The van der Waals surface area contributed by atoms with Gasteiger partial charge in [-0.25, -0.2) is 4.98 Å². The number of hydrogen-bond donors (Lipinski definition) is 1. The maximum atomic E-state index is 12.8. The molecule has 0 aliphatic carbocycles. The molecule has 9 heteroatoms. The molecule has 2 aromatic heterocycles.